The fourth-order valence-electron chi connectivity index (χ4n) is 0.991. The minimum atomic E-state index is 0.240. The number of anilines is 2. The Morgan fingerprint density at radius 1 is 1.43 bits per heavy atom. The van der Waals surface area contributed by atoms with Crippen molar-refractivity contribution in [2.75, 3.05) is 5.32 Å². The van der Waals surface area contributed by atoms with Crippen molar-refractivity contribution in [2.45, 2.75) is 6.92 Å². The summed E-state index contributed by atoms with van der Waals surface area (Å²) >= 11 is 7.21. The highest BCUT2D eigenvalue weighted by atomic mass is 35.5. The van der Waals surface area contributed by atoms with E-state index in [4.69, 9.17) is 11.6 Å². The molecule has 0 spiro atoms. The van der Waals surface area contributed by atoms with E-state index in [1.54, 1.807) is 6.20 Å². The van der Waals surface area contributed by atoms with Crippen LogP contribution in [0.5, 0.6) is 0 Å². The molecule has 6 heteroatoms. The Balaban J connectivity index is 2.25. The summed E-state index contributed by atoms with van der Waals surface area (Å²) in [5.74, 6) is 0.664. The molecule has 0 unspecified atom stereocenters. The van der Waals surface area contributed by atoms with Gasteiger partial charge in [-0.15, -0.1) is 11.3 Å². The Kier molecular flexibility index (Phi) is 2.60. The van der Waals surface area contributed by atoms with Crippen LogP contribution in [-0.2, 0) is 0 Å². The smallest absolute Gasteiger partial charge is 0.224 e. The van der Waals surface area contributed by atoms with Crippen molar-refractivity contribution in [1.82, 2.24) is 15.0 Å². The lowest BCUT2D eigenvalue weighted by Gasteiger charge is -2.02. The summed E-state index contributed by atoms with van der Waals surface area (Å²) in [5.41, 5.74) is 0.823. The molecule has 4 nitrogen and oxygen atoms in total. The molecule has 0 radical (unpaired) electrons. The summed E-state index contributed by atoms with van der Waals surface area (Å²) in [5, 5.41) is 5.96. The van der Waals surface area contributed by atoms with Gasteiger partial charge in [0.2, 0.25) is 5.28 Å². The molecule has 0 aliphatic rings. The summed E-state index contributed by atoms with van der Waals surface area (Å²) in [7, 11) is 0. The first-order valence-corrected chi connectivity index (χ1v) is 5.17. The molecule has 0 amide bonds. The van der Waals surface area contributed by atoms with E-state index in [-0.39, 0.29) is 5.28 Å². The molecular weight excluding hydrogens is 220 g/mol. The van der Waals surface area contributed by atoms with E-state index in [2.05, 4.69) is 20.3 Å². The lowest BCUT2D eigenvalue weighted by molar-refractivity contribution is 1.10. The second kappa shape index (κ2) is 3.89. The number of thiazole rings is 1. The van der Waals surface area contributed by atoms with E-state index in [1.165, 1.54) is 11.3 Å². The van der Waals surface area contributed by atoms with Crippen LogP contribution in [0.1, 0.15) is 5.69 Å². The highest BCUT2D eigenvalue weighted by molar-refractivity contribution is 7.13. The maximum atomic E-state index is 5.71. The van der Waals surface area contributed by atoms with Gasteiger partial charge in [-0.25, -0.2) is 15.0 Å². The van der Waals surface area contributed by atoms with Gasteiger partial charge in [0.15, 0.2) is 5.13 Å². The van der Waals surface area contributed by atoms with Crippen molar-refractivity contribution in [1.29, 1.82) is 0 Å². The lowest BCUT2D eigenvalue weighted by Crippen LogP contribution is -1.95. The monoisotopic (exact) mass is 226 g/mol. The highest BCUT2D eigenvalue weighted by Gasteiger charge is 2.01. The van der Waals surface area contributed by atoms with E-state index >= 15 is 0 Å². The van der Waals surface area contributed by atoms with Crippen molar-refractivity contribution < 1.29 is 0 Å². The molecule has 0 aromatic carbocycles. The Hall–Kier alpha value is -1.20. The number of hydrogen-bond donors (Lipinski definition) is 1. The molecule has 2 aromatic heterocycles. The molecule has 2 aromatic rings. The average molecular weight is 227 g/mol. The van der Waals surface area contributed by atoms with Crippen molar-refractivity contribution >= 4 is 33.9 Å². The van der Waals surface area contributed by atoms with E-state index in [0.717, 1.165) is 10.8 Å². The molecule has 0 aliphatic carbocycles. The van der Waals surface area contributed by atoms with Crippen LogP contribution in [0, 0.1) is 6.92 Å². The van der Waals surface area contributed by atoms with Gasteiger partial charge in [0.1, 0.15) is 5.82 Å². The second-order valence-electron chi connectivity index (χ2n) is 2.63. The Morgan fingerprint density at radius 3 is 2.93 bits per heavy atom. The second-order valence-corrected chi connectivity index (χ2v) is 3.86. The van der Waals surface area contributed by atoms with Gasteiger partial charge in [-0.3, -0.25) is 0 Å². The van der Waals surface area contributed by atoms with Crippen LogP contribution in [0.25, 0.3) is 0 Å². The average Bonchev–Trinajstić information content (AvgIpc) is 2.54. The third-order valence-electron chi connectivity index (χ3n) is 1.49. The van der Waals surface area contributed by atoms with E-state index < -0.39 is 0 Å². The van der Waals surface area contributed by atoms with Crippen LogP contribution in [0.15, 0.2) is 17.6 Å². The summed E-state index contributed by atoms with van der Waals surface area (Å²) < 4.78 is 0. The SMILES string of the molecule is Cc1cc(Nc2nccs2)nc(Cl)n1. The van der Waals surface area contributed by atoms with Gasteiger partial charge in [-0.05, 0) is 18.5 Å². The topological polar surface area (TPSA) is 50.7 Å². The van der Waals surface area contributed by atoms with Gasteiger partial charge in [-0.2, -0.15) is 0 Å². The van der Waals surface area contributed by atoms with Crippen LogP contribution < -0.4 is 5.32 Å². The largest absolute Gasteiger partial charge is 0.316 e. The summed E-state index contributed by atoms with van der Waals surface area (Å²) in [4.78, 5) is 12.1. The lowest BCUT2D eigenvalue weighted by atomic mass is 10.4. The summed E-state index contributed by atoms with van der Waals surface area (Å²) in [6, 6.07) is 1.81. The molecule has 0 bridgehead atoms. The third kappa shape index (κ3) is 2.18. The predicted octanol–water partition coefficient (Wildman–Crippen LogP) is 2.64. The summed E-state index contributed by atoms with van der Waals surface area (Å²) in [6.45, 7) is 1.86. The minimum absolute atomic E-state index is 0.240. The van der Waals surface area contributed by atoms with Crippen molar-refractivity contribution in [2.24, 2.45) is 0 Å². The van der Waals surface area contributed by atoms with Crippen molar-refractivity contribution in [3.8, 4) is 0 Å². The molecule has 0 saturated heterocycles. The molecule has 2 heterocycles. The first-order valence-electron chi connectivity index (χ1n) is 3.92. The number of aryl methyl sites for hydroxylation is 1. The van der Waals surface area contributed by atoms with E-state index in [0.29, 0.717) is 5.82 Å². The quantitative estimate of drug-likeness (QED) is 0.800. The standard InChI is InChI=1S/C8H7ClN4S/c1-5-4-6(12-7(9)11-5)13-8-10-2-3-14-8/h2-4H,1H3,(H,10,11,12,13). The number of aromatic nitrogens is 3. The molecule has 2 rings (SSSR count). The predicted molar refractivity (Wildman–Crippen MR) is 57.2 cm³/mol. The Labute approximate surface area is 90.0 Å². The molecule has 72 valence electrons. The van der Waals surface area contributed by atoms with Gasteiger partial charge in [-0.1, -0.05) is 0 Å². The molecule has 0 atom stereocenters. The number of halogens is 1. The molecule has 14 heavy (non-hydrogen) atoms. The maximum absolute atomic E-state index is 5.71. The normalized spacial score (nSPS) is 10.1. The number of rotatable bonds is 2. The fourth-order valence-corrected chi connectivity index (χ4v) is 1.75. The molecular formula is C8H7ClN4S. The third-order valence-corrected chi connectivity index (χ3v) is 2.35. The number of hydrogen-bond acceptors (Lipinski definition) is 5. The van der Waals surface area contributed by atoms with Crippen LogP contribution in [0.3, 0.4) is 0 Å². The first-order chi connectivity index (χ1) is 6.74. The van der Waals surface area contributed by atoms with Gasteiger partial charge < -0.3 is 5.32 Å². The Bertz CT molecular complexity index is 409. The highest BCUT2D eigenvalue weighted by Crippen LogP contribution is 2.18. The zero-order valence-electron chi connectivity index (χ0n) is 7.36. The van der Waals surface area contributed by atoms with Gasteiger partial charge in [0, 0.05) is 23.3 Å². The van der Waals surface area contributed by atoms with Crippen LogP contribution in [-0.4, -0.2) is 15.0 Å². The van der Waals surface area contributed by atoms with Gasteiger partial charge in [0.25, 0.3) is 0 Å². The number of nitrogens with zero attached hydrogens (tertiary/aromatic N) is 3. The minimum Gasteiger partial charge on any atom is -0.316 e. The van der Waals surface area contributed by atoms with Crippen molar-refractivity contribution in [3.05, 3.63) is 28.6 Å². The molecule has 0 saturated carbocycles. The van der Waals surface area contributed by atoms with Crippen LogP contribution in [0.2, 0.25) is 5.28 Å². The van der Waals surface area contributed by atoms with E-state index in [9.17, 15) is 0 Å². The zero-order chi connectivity index (χ0) is 9.97. The molecule has 0 fully saturated rings. The first kappa shape index (κ1) is 9.36. The fraction of sp³-hybridized carbons (Fsp3) is 0.125. The maximum Gasteiger partial charge on any atom is 0.224 e. The Morgan fingerprint density at radius 2 is 2.29 bits per heavy atom. The van der Waals surface area contributed by atoms with Crippen molar-refractivity contribution in [3.63, 3.8) is 0 Å². The van der Waals surface area contributed by atoms with Crippen LogP contribution >= 0.6 is 22.9 Å². The van der Waals surface area contributed by atoms with Gasteiger partial charge in [0.05, 0.1) is 0 Å². The zero-order valence-corrected chi connectivity index (χ0v) is 8.93. The molecule has 1 N–H and O–H groups in total. The molecule has 0 aliphatic heterocycles. The van der Waals surface area contributed by atoms with Gasteiger partial charge >= 0.3 is 0 Å². The number of nitrogens with one attached hydrogen (secondary N) is 1. The summed E-state index contributed by atoms with van der Waals surface area (Å²) in [6.07, 6.45) is 1.72. The van der Waals surface area contributed by atoms with Crippen LogP contribution in [0.4, 0.5) is 10.9 Å². The van der Waals surface area contributed by atoms with E-state index in [1.807, 2.05) is 18.4 Å².